The predicted molar refractivity (Wildman–Crippen MR) is 167 cm³/mol. The van der Waals surface area contributed by atoms with Crippen molar-refractivity contribution < 1.29 is 64.3 Å². The van der Waals surface area contributed by atoms with Crippen LogP contribution in [0.2, 0.25) is 0 Å². The van der Waals surface area contributed by atoms with Gasteiger partial charge in [-0.3, -0.25) is 9.59 Å². The lowest BCUT2D eigenvalue weighted by atomic mass is 9.83. The van der Waals surface area contributed by atoms with Crippen molar-refractivity contribution in [2.24, 2.45) is 11.7 Å². The second kappa shape index (κ2) is 18.1. The molecule has 3 aliphatic rings. The number of carbonyl (C=O) groups excluding carboxylic acids is 1. The third kappa shape index (κ3) is 12.0. The molecular formula is C33H49NO13. The maximum atomic E-state index is 12.2. The molecular weight excluding hydrogens is 618 g/mol. The molecule has 0 aromatic carbocycles. The van der Waals surface area contributed by atoms with Crippen molar-refractivity contribution in [2.75, 3.05) is 0 Å². The Hall–Kier alpha value is -2.76. The number of hydrogen-bond acceptors (Lipinski definition) is 13. The van der Waals surface area contributed by atoms with Gasteiger partial charge in [0, 0.05) is 25.7 Å². The summed E-state index contributed by atoms with van der Waals surface area (Å²) in [5.41, 5.74) is 5.96. The van der Waals surface area contributed by atoms with Crippen LogP contribution in [0.5, 0.6) is 0 Å². The van der Waals surface area contributed by atoms with Crippen LogP contribution in [-0.2, 0) is 28.5 Å². The molecule has 13 atom stereocenters. The molecule has 0 radical (unpaired) electrons. The van der Waals surface area contributed by atoms with Crippen LogP contribution in [0, 0.1) is 5.92 Å². The molecule has 2 saturated heterocycles. The molecule has 0 aromatic heterocycles. The highest BCUT2D eigenvalue weighted by Gasteiger charge is 2.50. The standard InChI is InChI=1S/C33H49NO13/c1-19-11-8-6-4-3-5-7-9-14-23(46-32-30(40)28(34)29(39)20(2)45-32)16-25-27(31(41)42)24(37)18-33(43,47-25)17-22(36)13-10-12-21(35)15-26(38)44-19/h3-10,12,14,19-25,27-30,32,35-37,39-40,43H,11,13,15-18,34H2,1-2H3,(H,41,42)/b4-3-,7-5-,8-6-,12-10-,14-9-/t19-,20-,21+,22+,23+,24+,25+,27-,28+,29-,30+,32+,33-/m1/s1. The summed E-state index contributed by atoms with van der Waals surface area (Å²) in [7, 11) is 0. The van der Waals surface area contributed by atoms with E-state index < -0.39 is 104 Å². The van der Waals surface area contributed by atoms with Crippen molar-refractivity contribution in [1.29, 1.82) is 0 Å². The Morgan fingerprint density at radius 1 is 0.936 bits per heavy atom. The maximum absolute atomic E-state index is 12.2. The molecule has 3 heterocycles. The van der Waals surface area contributed by atoms with E-state index in [1.165, 1.54) is 12.2 Å². The minimum Gasteiger partial charge on any atom is -0.481 e. The number of aliphatic carboxylic acids is 1. The molecule has 9 N–H and O–H groups in total. The van der Waals surface area contributed by atoms with Gasteiger partial charge in [0.15, 0.2) is 12.1 Å². The van der Waals surface area contributed by atoms with Gasteiger partial charge in [-0.1, -0.05) is 60.8 Å². The number of cyclic esters (lactones) is 1. The van der Waals surface area contributed by atoms with E-state index in [2.05, 4.69) is 0 Å². The first-order valence-electron chi connectivity index (χ1n) is 15.8. The van der Waals surface area contributed by atoms with Gasteiger partial charge < -0.3 is 60.4 Å². The van der Waals surface area contributed by atoms with E-state index in [9.17, 15) is 45.3 Å². The molecule has 264 valence electrons. The van der Waals surface area contributed by atoms with Gasteiger partial charge in [0.25, 0.3) is 0 Å². The lowest BCUT2D eigenvalue weighted by Gasteiger charge is -2.45. The SMILES string of the molecule is C[C@@H]1C\C=C/C=C\C=C/C=C\[C@H](O[C@@H]2O[C@H](C)[C@@H](O)[C@H](N)[C@@H]2O)C[C@@H]2O[C@](O)(C[C@@H](O)C/C=C\[C@H](O)CC(=O)O1)C[C@H](O)[C@H]2C(=O)O. The monoisotopic (exact) mass is 667 g/mol. The molecule has 0 saturated carbocycles. The van der Waals surface area contributed by atoms with Crippen LogP contribution < -0.4 is 5.73 Å². The molecule has 0 spiro atoms. The largest absolute Gasteiger partial charge is 0.481 e. The number of ether oxygens (including phenoxy) is 4. The molecule has 0 unspecified atom stereocenters. The number of aliphatic hydroxyl groups excluding tert-OH is 5. The Bertz CT molecular complexity index is 1170. The number of esters is 1. The molecule has 0 aromatic rings. The topological polar surface area (TPSA) is 239 Å². The first-order valence-corrected chi connectivity index (χ1v) is 15.8. The smallest absolute Gasteiger partial charge is 0.311 e. The Labute approximate surface area is 274 Å². The minimum absolute atomic E-state index is 0.0579. The number of nitrogens with two attached hydrogens (primary N) is 1. The van der Waals surface area contributed by atoms with Gasteiger partial charge in [0.05, 0.1) is 55.2 Å². The molecule has 14 nitrogen and oxygen atoms in total. The number of fused-ring (bicyclic) bond motifs is 2. The highest BCUT2D eigenvalue weighted by atomic mass is 16.7. The van der Waals surface area contributed by atoms with E-state index in [4.69, 9.17) is 24.7 Å². The number of rotatable bonds is 3. The second-order valence-corrected chi connectivity index (χ2v) is 12.3. The number of allylic oxidation sites excluding steroid dienone is 6. The summed E-state index contributed by atoms with van der Waals surface area (Å²) in [5, 5.41) is 73.8. The van der Waals surface area contributed by atoms with Crippen molar-refractivity contribution >= 4 is 11.9 Å². The maximum Gasteiger partial charge on any atom is 0.311 e. The van der Waals surface area contributed by atoms with Crippen LogP contribution in [0.25, 0.3) is 0 Å². The zero-order chi connectivity index (χ0) is 34.7. The Morgan fingerprint density at radius 2 is 1.62 bits per heavy atom. The van der Waals surface area contributed by atoms with Crippen molar-refractivity contribution in [3.8, 4) is 0 Å². The van der Waals surface area contributed by atoms with E-state index in [1.807, 2.05) is 6.08 Å². The Kier molecular flexibility index (Phi) is 14.9. The predicted octanol–water partition coefficient (Wildman–Crippen LogP) is 0.103. The Balaban J connectivity index is 1.90. The van der Waals surface area contributed by atoms with Gasteiger partial charge in [0.1, 0.15) is 18.1 Å². The summed E-state index contributed by atoms with van der Waals surface area (Å²) < 4.78 is 22.9. The summed E-state index contributed by atoms with van der Waals surface area (Å²) in [5.74, 6) is -5.59. The number of carboxylic acids is 1. The summed E-state index contributed by atoms with van der Waals surface area (Å²) >= 11 is 0. The fourth-order valence-electron chi connectivity index (χ4n) is 5.71. The van der Waals surface area contributed by atoms with E-state index in [0.717, 1.165) is 0 Å². The van der Waals surface area contributed by atoms with Gasteiger partial charge in [-0.05, 0) is 20.3 Å². The fourth-order valence-corrected chi connectivity index (χ4v) is 5.71. The lowest BCUT2D eigenvalue weighted by molar-refractivity contribution is -0.308. The molecule has 3 aliphatic heterocycles. The van der Waals surface area contributed by atoms with E-state index in [-0.39, 0.29) is 19.3 Å². The first kappa shape index (κ1) is 38.7. The van der Waals surface area contributed by atoms with Crippen LogP contribution in [-0.4, -0.2) is 121 Å². The average Bonchev–Trinajstić information content (AvgIpc) is 2.96. The van der Waals surface area contributed by atoms with Crippen LogP contribution >= 0.6 is 0 Å². The molecule has 0 aliphatic carbocycles. The zero-order valence-corrected chi connectivity index (χ0v) is 26.6. The number of aliphatic hydroxyl groups is 6. The molecule has 2 bridgehead atoms. The third-order valence-electron chi connectivity index (χ3n) is 8.18. The van der Waals surface area contributed by atoms with Crippen molar-refractivity contribution in [1.82, 2.24) is 0 Å². The third-order valence-corrected chi connectivity index (χ3v) is 8.18. The number of hydrogen-bond donors (Lipinski definition) is 8. The molecule has 3 rings (SSSR count). The van der Waals surface area contributed by atoms with Gasteiger partial charge >= 0.3 is 11.9 Å². The normalized spacial score (nSPS) is 45.0. The number of carboxylic acid groups (broad SMARTS) is 1. The van der Waals surface area contributed by atoms with E-state index >= 15 is 0 Å². The number of carbonyl (C=O) groups is 2. The van der Waals surface area contributed by atoms with Gasteiger partial charge in [0.2, 0.25) is 0 Å². The quantitative estimate of drug-likeness (QED) is 0.147. The molecule has 14 heteroatoms. The van der Waals surface area contributed by atoms with E-state index in [1.54, 1.807) is 56.4 Å². The van der Waals surface area contributed by atoms with Crippen LogP contribution in [0.15, 0.2) is 60.8 Å². The lowest BCUT2D eigenvalue weighted by Crippen LogP contribution is -2.61. The first-order chi connectivity index (χ1) is 22.2. The van der Waals surface area contributed by atoms with Crippen LogP contribution in [0.4, 0.5) is 0 Å². The van der Waals surface area contributed by atoms with Crippen molar-refractivity contribution in [2.45, 2.75) is 125 Å². The van der Waals surface area contributed by atoms with Crippen LogP contribution in [0.1, 0.15) is 52.4 Å². The minimum atomic E-state index is -2.13. The highest BCUT2D eigenvalue weighted by Crippen LogP contribution is 2.38. The van der Waals surface area contributed by atoms with E-state index in [0.29, 0.717) is 6.42 Å². The molecule has 47 heavy (non-hydrogen) atoms. The zero-order valence-electron chi connectivity index (χ0n) is 26.6. The second-order valence-electron chi connectivity index (χ2n) is 12.3. The van der Waals surface area contributed by atoms with Gasteiger partial charge in [-0.25, -0.2) is 0 Å². The Morgan fingerprint density at radius 3 is 2.32 bits per heavy atom. The fraction of sp³-hybridized carbons (Fsp3) is 0.636. The van der Waals surface area contributed by atoms with Crippen molar-refractivity contribution in [3.63, 3.8) is 0 Å². The molecule has 2 fully saturated rings. The van der Waals surface area contributed by atoms with Gasteiger partial charge in [-0.2, -0.15) is 0 Å². The van der Waals surface area contributed by atoms with Crippen LogP contribution in [0.3, 0.4) is 0 Å². The van der Waals surface area contributed by atoms with Crippen molar-refractivity contribution in [3.05, 3.63) is 60.8 Å². The summed E-state index contributed by atoms with van der Waals surface area (Å²) in [4.78, 5) is 24.4. The average molecular weight is 668 g/mol. The summed E-state index contributed by atoms with van der Waals surface area (Å²) in [6.45, 7) is 3.28. The highest BCUT2D eigenvalue weighted by molar-refractivity contribution is 5.71. The summed E-state index contributed by atoms with van der Waals surface area (Å²) in [6.07, 6.45) is 3.91. The van der Waals surface area contributed by atoms with Gasteiger partial charge in [-0.15, -0.1) is 0 Å². The summed E-state index contributed by atoms with van der Waals surface area (Å²) in [6, 6.07) is -1.09. The molecule has 0 amide bonds.